The molecule has 32 heavy (non-hydrogen) atoms. The van der Waals surface area contributed by atoms with Gasteiger partial charge in [0.2, 0.25) is 5.91 Å². The lowest BCUT2D eigenvalue weighted by atomic mass is 9.88. The first-order valence-corrected chi connectivity index (χ1v) is 10.8. The van der Waals surface area contributed by atoms with E-state index in [0.29, 0.717) is 19.5 Å². The van der Waals surface area contributed by atoms with Crippen LogP contribution in [0, 0.1) is 0 Å². The number of rotatable bonds is 5. The number of nitrogens with one attached hydrogen (secondary N) is 1. The van der Waals surface area contributed by atoms with Gasteiger partial charge in [-0.15, -0.1) is 12.4 Å². The molecular formula is C24H31ClF2N4O. The predicted octanol–water partition coefficient (Wildman–Crippen LogP) is 3.65. The van der Waals surface area contributed by atoms with Gasteiger partial charge in [0.05, 0.1) is 18.3 Å². The number of hydrogen-bond donors (Lipinski definition) is 1. The Hall–Kier alpha value is -2.09. The summed E-state index contributed by atoms with van der Waals surface area (Å²) in [7, 11) is 0. The van der Waals surface area contributed by atoms with Gasteiger partial charge in [0, 0.05) is 55.0 Å². The minimum Gasteiger partial charge on any atom is -0.311 e. The first kappa shape index (κ1) is 24.6. The highest BCUT2D eigenvalue weighted by Crippen LogP contribution is 2.40. The van der Waals surface area contributed by atoms with Crippen molar-refractivity contribution in [2.24, 2.45) is 0 Å². The molecular weight excluding hydrogens is 434 g/mol. The molecule has 2 aliphatic heterocycles. The standard InChI is InChI=1S/C24H30F2N4O.ClH/c1-16-13-29(21(12-27-16)23(25)26)14-22(31)30-15-24(2,3)19-11-28-18(10-20(19)30)9-17-7-5-4-6-8-17;/h4-8,10-11,16,21,23,27H,9,12-15H2,1-3H3;1H/t16-,21-;/m1./s1. The summed E-state index contributed by atoms with van der Waals surface area (Å²) in [6.45, 7) is 7.28. The zero-order valence-electron chi connectivity index (χ0n) is 18.7. The van der Waals surface area contributed by atoms with E-state index < -0.39 is 12.5 Å². The van der Waals surface area contributed by atoms with E-state index >= 15 is 0 Å². The fraction of sp³-hybridized carbons (Fsp3) is 0.500. The van der Waals surface area contributed by atoms with E-state index in [0.717, 1.165) is 22.5 Å². The molecule has 0 spiro atoms. The van der Waals surface area contributed by atoms with Crippen LogP contribution in [0.1, 0.15) is 37.6 Å². The maximum absolute atomic E-state index is 13.5. The number of alkyl halides is 2. The SMILES string of the molecule is C[C@@H]1CN(CC(=O)N2CC(C)(C)c3cnc(Cc4ccccc4)cc32)[C@@H](C(F)F)CN1.Cl. The lowest BCUT2D eigenvalue weighted by Crippen LogP contribution is -2.60. The summed E-state index contributed by atoms with van der Waals surface area (Å²) in [6.07, 6.45) is 0.0616. The molecule has 4 rings (SSSR count). The molecule has 174 valence electrons. The maximum atomic E-state index is 13.5. The number of nitrogens with zero attached hydrogens (tertiary/aromatic N) is 3. The highest BCUT2D eigenvalue weighted by atomic mass is 35.5. The number of fused-ring (bicyclic) bond motifs is 1. The molecule has 1 aromatic carbocycles. The van der Waals surface area contributed by atoms with Crippen molar-refractivity contribution in [3.8, 4) is 0 Å². The Morgan fingerprint density at radius 1 is 1.28 bits per heavy atom. The number of carbonyl (C=O) groups is 1. The Kier molecular flexibility index (Phi) is 7.53. The molecule has 0 bridgehead atoms. The largest absolute Gasteiger partial charge is 0.311 e. The third-order valence-electron chi connectivity index (χ3n) is 6.32. The Balaban J connectivity index is 0.00000289. The van der Waals surface area contributed by atoms with Crippen LogP contribution in [0.4, 0.5) is 14.5 Å². The third kappa shape index (κ3) is 5.11. The molecule has 1 fully saturated rings. The van der Waals surface area contributed by atoms with Crippen LogP contribution in [0.25, 0.3) is 0 Å². The predicted molar refractivity (Wildman–Crippen MR) is 125 cm³/mol. The summed E-state index contributed by atoms with van der Waals surface area (Å²) in [5.74, 6) is -0.136. The number of aromatic nitrogens is 1. The van der Waals surface area contributed by atoms with Crippen molar-refractivity contribution in [1.82, 2.24) is 15.2 Å². The van der Waals surface area contributed by atoms with Crippen molar-refractivity contribution in [3.05, 3.63) is 59.4 Å². The minimum absolute atomic E-state index is 0. The number of piperazine rings is 1. The highest BCUT2D eigenvalue weighted by Gasteiger charge is 2.40. The van der Waals surface area contributed by atoms with Gasteiger partial charge in [-0.1, -0.05) is 44.2 Å². The third-order valence-corrected chi connectivity index (χ3v) is 6.32. The number of carbonyl (C=O) groups excluding carboxylic acids is 1. The van der Waals surface area contributed by atoms with Crippen molar-refractivity contribution in [3.63, 3.8) is 0 Å². The molecule has 1 amide bonds. The fourth-order valence-corrected chi connectivity index (χ4v) is 4.61. The molecule has 0 aliphatic carbocycles. The molecule has 1 aromatic heterocycles. The van der Waals surface area contributed by atoms with E-state index in [4.69, 9.17) is 0 Å². The summed E-state index contributed by atoms with van der Waals surface area (Å²) in [5.41, 5.74) is 3.69. The van der Waals surface area contributed by atoms with Crippen LogP contribution in [0.3, 0.4) is 0 Å². The second-order valence-corrected chi connectivity index (χ2v) is 9.36. The molecule has 2 aliphatic rings. The number of benzene rings is 1. The first-order valence-electron chi connectivity index (χ1n) is 10.8. The normalized spacial score (nSPS) is 22.5. The average molecular weight is 465 g/mol. The van der Waals surface area contributed by atoms with Crippen LogP contribution in [-0.2, 0) is 16.6 Å². The van der Waals surface area contributed by atoms with E-state index in [1.807, 2.05) is 37.4 Å². The van der Waals surface area contributed by atoms with Gasteiger partial charge in [-0.05, 0) is 18.6 Å². The number of halogens is 3. The average Bonchev–Trinajstić information content (AvgIpc) is 2.99. The summed E-state index contributed by atoms with van der Waals surface area (Å²) in [4.78, 5) is 21.3. The van der Waals surface area contributed by atoms with Gasteiger partial charge in [-0.3, -0.25) is 14.7 Å². The van der Waals surface area contributed by atoms with Crippen LogP contribution in [0.2, 0.25) is 0 Å². The molecule has 1 N–H and O–H groups in total. The van der Waals surface area contributed by atoms with Gasteiger partial charge in [0.25, 0.3) is 6.43 Å². The fourth-order valence-electron chi connectivity index (χ4n) is 4.61. The summed E-state index contributed by atoms with van der Waals surface area (Å²) in [5, 5.41) is 3.09. The van der Waals surface area contributed by atoms with E-state index in [2.05, 4.69) is 36.3 Å². The van der Waals surface area contributed by atoms with E-state index in [1.54, 1.807) is 9.80 Å². The Morgan fingerprint density at radius 2 is 2.00 bits per heavy atom. The summed E-state index contributed by atoms with van der Waals surface area (Å²) < 4.78 is 27.1. The Morgan fingerprint density at radius 3 is 2.69 bits per heavy atom. The lowest BCUT2D eigenvalue weighted by molar-refractivity contribution is -0.121. The molecule has 5 nitrogen and oxygen atoms in total. The van der Waals surface area contributed by atoms with E-state index in [9.17, 15) is 13.6 Å². The molecule has 0 unspecified atom stereocenters. The molecule has 2 atom stereocenters. The smallest absolute Gasteiger partial charge is 0.255 e. The van der Waals surface area contributed by atoms with Crippen molar-refractivity contribution in [2.75, 3.05) is 31.1 Å². The summed E-state index contributed by atoms with van der Waals surface area (Å²) in [6, 6.07) is 11.2. The Labute approximate surface area is 194 Å². The van der Waals surface area contributed by atoms with Crippen LogP contribution < -0.4 is 10.2 Å². The number of amides is 1. The quantitative estimate of drug-likeness (QED) is 0.734. The maximum Gasteiger partial charge on any atom is 0.255 e. The van der Waals surface area contributed by atoms with Gasteiger partial charge in [0.1, 0.15) is 0 Å². The van der Waals surface area contributed by atoms with Crippen molar-refractivity contribution >= 4 is 24.0 Å². The number of hydrogen-bond acceptors (Lipinski definition) is 4. The minimum atomic E-state index is -2.49. The van der Waals surface area contributed by atoms with Crippen molar-refractivity contribution in [1.29, 1.82) is 0 Å². The van der Waals surface area contributed by atoms with Crippen LogP contribution in [-0.4, -0.2) is 60.5 Å². The second kappa shape index (κ2) is 9.81. The monoisotopic (exact) mass is 464 g/mol. The molecule has 0 radical (unpaired) electrons. The molecule has 3 heterocycles. The molecule has 0 saturated carbocycles. The van der Waals surface area contributed by atoms with Gasteiger partial charge in [0.15, 0.2) is 0 Å². The number of anilines is 1. The van der Waals surface area contributed by atoms with E-state index in [-0.39, 0.29) is 42.9 Å². The Bertz CT molecular complexity index is 941. The van der Waals surface area contributed by atoms with Crippen molar-refractivity contribution in [2.45, 2.75) is 51.1 Å². The zero-order valence-corrected chi connectivity index (χ0v) is 19.5. The molecule has 8 heteroatoms. The van der Waals surface area contributed by atoms with Gasteiger partial charge >= 0.3 is 0 Å². The molecule has 1 saturated heterocycles. The second-order valence-electron chi connectivity index (χ2n) is 9.36. The van der Waals surface area contributed by atoms with Gasteiger partial charge in [-0.2, -0.15) is 0 Å². The lowest BCUT2D eigenvalue weighted by Gasteiger charge is -2.39. The van der Waals surface area contributed by atoms with Crippen LogP contribution >= 0.6 is 12.4 Å². The number of pyridine rings is 1. The zero-order chi connectivity index (χ0) is 22.2. The highest BCUT2D eigenvalue weighted by molar-refractivity contribution is 5.97. The molecule has 2 aromatic rings. The van der Waals surface area contributed by atoms with E-state index in [1.165, 1.54) is 0 Å². The van der Waals surface area contributed by atoms with Crippen LogP contribution in [0.15, 0.2) is 42.6 Å². The van der Waals surface area contributed by atoms with Crippen LogP contribution in [0.5, 0.6) is 0 Å². The summed E-state index contributed by atoms with van der Waals surface area (Å²) >= 11 is 0. The first-order chi connectivity index (χ1) is 14.7. The van der Waals surface area contributed by atoms with Crippen molar-refractivity contribution < 1.29 is 13.6 Å². The van der Waals surface area contributed by atoms with Gasteiger partial charge < -0.3 is 10.2 Å². The topological polar surface area (TPSA) is 48.5 Å². The van der Waals surface area contributed by atoms with Gasteiger partial charge in [-0.25, -0.2) is 8.78 Å².